The Bertz CT molecular complexity index is 350. The number of nitrogens with zero attached hydrogens (tertiary/aromatic N) is 1. The summed E-state index contributed by atoms with van der Waals surface area (Å²) in [6.45, 7) is -1.67. The third-order valence-electron chi connectivity index (χ3n) is 2.47. The van der Waals surface area contributed by atoms with E-state index < -0.39 is 50.3 Å². The molecule has 0 aromatic rings. The van der Waals surface area contributed by atoms with Gasteiger partial charge in [0.1, 0.15) is 12.2 Å². The first-order valence-corrected chi connectivity index (χ1v) is 5.32. The first kappa shape index (κ1) is 15.5. The van der Waals surface area contributed by atoms with E-state index in [-0.39, 0.29) is 6.42 Å². The molecular weight excluding hydrogens is 276 g/mol. The number of ether oxygens (including phenoxy) is 1. The summed E-state index contributed by atoms with van der Waals surface area (Å²) < 4.78 is 51.3. The number of amides is 2. The molecule has 2 N–H and O–H groups in total. The summed E-state index contributed by atoms with van der Waals surface area (Å²) in [5, 5.41) is 10.8. The van der Waals surface area contributed by atoms with E-state index in [0.717, 1.165) is 0 Å². The van der Waals surface area contributed by atoms with Gasteiger partial charge in [-0.25, -0.2) is 9.18 Å². The van der Waals surface area contributed by atoms with Gasteiger partial charge in [-0.05, 0) is 0 Å². The lowest BCUT2D eigenvalue weighted by molar-refractivity contribution is -0.323. The first-order valence-electron chi connectivity index (χ1n) is 5.32. The molecule has 1 fully saturated rings. The fourth-order valence-corrected chi connectivity index (χ4v) is 1.70. The van der Waals surface area contributed by atoms with Gasteiger partial charge in [0.2, 0.25) is 5.91 Å². The van der Waals surface area contributed by atoms with Crippen LogP contribution in [0.3, 0.4) is 0 Å². The van der Waals surface area contributed by atoms with Gasteiger partial charge in [0.25, 0.3) is 0 Å². The van der Waals surface area contributed by atoms with Crippen LogP contribution in [0.15, 0.2) is 0 Å². The van der Waals surface area contributed by atoms with Crippen LogP contribution in [0, 0.1) is 0 Å². The summed E-state index contributed by atoms with van der Waals surface area (Å²) in [6, 6.07) is -1.22. The topological polar surface area (TPSA) is 78.9 Å². The van der Waals surface area contributed by atoms with E-state index in [1.54, 1.807) is 0 Å². The summed E-state index contributed by atoms with van der Waals surface area (Å²) >= 11 is 0. The molecule has 2 atom stereocenters. The fraction of sp³-hybridized carbons (Fsp3) is 0.778. The third kappa shape index (κ3) is 4.89. The molecule has 0 spiro atoms. The zero-order valence-electron chi connectivity index (χ0n) is 9.61. The van der Waals surface area contributed by atoms with Crippen molar-refractivity contribution in [2.45, 2.75) is 25.0 Å². The van der Waals surface area contributed by atoms with E-state index in [2.05, 4.69) is 10.1 Å². The minimum absolute atomic E-state index is 0.307. The lowest BCUT2D eigenvalue weighted by Crippen LogP contribution is -2.46. The molecule has 0 aromatic carbocycles. The molecule has 10 heteroatoms. The quantitative estimate of drug-likeness (QED) is 0.590. The molecule has 1 aliphatic rings. The minimum Gasteiger partial charge on any atom is -0.465 e. The molecule has 1 heterocycles. The number of rotatable bonds is 4. The van der Waals surface area contributed by atoms with Gasteiger partial charge >= 0.3 is 12.5 Å². The Morgan fingerprint density at radius 2 is 2.05 bits per heavy atom. The van der Waals surface area contributed by atoms with Crippen molar-refractivity contribution in [2.75, 3.05) is 19.7 Å². The van der Waals surface area contributed by atoms with Crippen LogP contribution in [0.2, 0.25) is 0 Å². The van der Waals surface area contributed by atoms with Crippen molar-refractivity contribution in [3.8, 4) is 0 Å². The smallest absolute Gasteiger partial charge is 0.465 e. The number of alkyl halides is 4. The summed E-state index contributed by atoms with van der Waals surface area (Å²) in [4.78, 5) is 22.9. The van der Waals surface area contributed by atoms with E-state index in [9.17, 15) is 27.2 Å². The van der Waals surface area contributed by atoms with Crippen LogP contribution in [0.1, 0.15) is 6.42 Å². The molecule has 0 unspecified atom stereocenters. The van der Waals surface area contributed by atoms with Gasteiger partial charge in [0.15, 0.2) is 0 Å². The molecule has 0 saturated carbocycles. The number of nitrogens with one attached hydrogen (secondary N) is 1. The molecular formula is C9H12F4N2O4. The molecule has 2 amide bonds. The van der Waals surface area contributed by atoms with Gasteiger partial charge in [-0.3, -0.25) is 14.4 Å². The predicted molar refractivity (Wildman–Crippen MR) is 53.0 cm³/mol. The van der Waals surface area contributed by atoms with Crippen molar-refractivity contribution in [3.05, 3.63) is 0 Å². The summed E-state index contributed by atoms with van der Waals surface area (Å²) in [7, 11) is 0. The lowest BCUT2D eigenvalue weighted by Gasteiger charge is -2.20. The average Bonchev–Trinajstić information content (AvgIpc) is 2.65. The van der Waals surface area contributed by atoms with Gasteiger partial charge in [0, 0.05) is 13.0 Å². The van der Waals surface area contributed by atoms with Gasteiger partial charge in [0.05, 0.1) is 13.2 Å². The average molecular weight is 288 g/mol. The van der Waals surface area contributed by atoms with Crippen molar-refractivity contribution in [2.24, 2.45) is 0 Å². The maximum Gasteiger partial charge on any atom is 0.522 e. The van der Waals surface area contributed by atoms with E-state index in [4.69, 9.17) is 5.11 Å². The maximum absolute atomic E-state index is 13.0. The number of hydrogen-bond acceptors (Lipinski definition) is 3. The van der Waals surface area contributed by atoms with Crippen LogP contribution in [-0.4, -0.2) is 60.3 Å². The highest BCUT2D eigenvalue weighted by molar-refractivity contribution is 5.85. The largest absolute Gasteiger partial charge is 0.522 e. The number of halogens is 4. The zero-order valence-corrected chi connectivity index (χ0v) is 9.61. The third-order valence-corrected chi connectivity index (χ3v) is 2.47. The second-order valence-electron chi connectivity index (χ2n) is 3.87. The number of carbonyl (C=O) groups excluding carboxylic acids is 1. The molecule has 0 aromatic heterocycles. The van der Waals surface area contributed by atoms with Gasteiger partial charge in [-0.2, -0.15) is 0 Å². The first-order chi connectivity index (χ1) is 8.70. The predicted octanol–water partition coefficient (Wildman–Crippen LogP) is 0.729. The van der Waals surface area contributed by atoms with E-state index in [0.29, 0.717) is 4.90 Å². The van der Waals surface area contributed by atoms with Gasteiger partial charge in [-0.1, -0.05) is 0 Å². The van der Waals surface area contributed by atoms with Gasteiger partial charge in [-0.15, -0.1) is 13.2 Å². The second-order valence-corrected chi connectivity index (χ2v) is 3.87. The second kappa shape index (κ2) is 6.04. The highest BCUT2D eigenvalue weighted by Gasteiger charge is 2.39. The summed E-state index contributed by atoms with van der Waals surface area (Å²) in [5.74, 6) is -0.840. The monoisotopic (exact) mass is 288 g/mol. The molecule has 19 heavy (non-hydrogen) atoms. The normalized spacial score (nSPS) is 23.5. The molecule has 1 aliphatic heterocycles. The Morgan fingerprint density at radius 1 is 1.42 bits per heavy atom. The van der Waals surface area contributed by atoms with Gasteiger partial charge < -0.3 is 10.4 Å². The molecule has 1 rings (SSSR count). The van der Waals surface area contributed by atoms with Crippen LogP contribution in [0.25, 0.3) is 0 Å². The van der Waals surface area contributed by atoms with Crippen LogP contribution in [0.4, 0.5) is 22.4 Å². The number of carbonyl (C=O) groups is 2. The molecule has 1 saturated heterocycles. The van der Waals surface area contributed by atoms with Crippen LogP contribution in [0.5, 0.6) is 0 Å². The van der Waals surface area contributed by atoms with Crippen LogP contribution >= 0.6 is 0 Å². The fourth-order valence-electron chi connectivity index (χ4n) is 1.70. The van der Waals surface area contributed by atoms with Crippen molar-refractivity contribution in [1.29, 1.82) is 0 Å². The Hall–Kier alpha value is -1.58. The molecule has 0 bridgehead atoms. The SMILES string of the molecule is O=C(NCCOC(F)(F)F)[C@@H]1C[C@@H](F)CN1C(=O)O. The number of carboxylic acid groups (broad SMARTS) is 1. The van der Waals surface area contributed by atoms with E-state index in [1.807, 2.05) is 0 Å². The van der Waals surface area contributed by atoms with Crippen LogP contribution < -0.4 is 5.32 Å². The van der Waals surface area contributed by atoms with Crippen molar-refractivity contribution < 1.29 is 37.0 Å². The number of hydrogen-bond donors (Lipinski definition) is 2. The Labute approximate surface area is 105 Å². The Morgan fingerprint density at radius 3 is 2.58 bits per heavy atom. The van der Waals surface area contributed by atoms with Crippen molar-refractivity contribution in [3.63, 3.8) is 0 Å². The highest BCUT2D eigenvalue weighted by atomic mass is 19.4. The lowest BCUT2D eigenvalue weighted by atomic mass is 10.2. The van der Waals surface area contributed by atoms with Crippen molar-refractivity contribution >= 4 is 12.0 Å². The Balaban J connectivity index is 2.38. The molecule has 0 aliphatic carbocycles. The standard InChI is InChI=1S/C9H12F4N2O4/c10-5-3-6(15(4-5)8(17)18)7(16)14-1-2-19-9(11,12)13/h5-6H,1-4H2,(H,14,16)(H,17,18)/t5-,6+/m1/s1. The summed E-state index contributed by atoms with van der Waals surface area (Å²) in [6.07, 6.45) is -8.02. The number of likely N-dealkylation sites (tertiary alicyclic amines) is 1. The maximum atomic E-state index is 13.0. The minimum atomic E-state index is -4.80. The van der Waals surface area contributed by atoms with E-state index in [1.165, 1.54) is 0 Å². The molecule has 110 valence electrons. The van der Waals surface area contributed by atoms with E-state index >= 15 is 0 Å². The van der Waals surface area contributed by atoms with Crippen LogP contribution in [-0.2, 0) is 9.53 Å². The zero-order chi connectivity index (χ0) is 14.6. The molecule has 0 radical (unpaired) electrons. The summed E-state index contributed by atoms with van der Waals surface area (Å²) in [5.41, 5.74) is 0. The highest BCUT2D eigenvalue weighted by Crippen LogP contribution is 2.20. The Kier molecular flexibility index (Phi) is 4.92. The van der Waals surface area contributed by atoms with Crippen molar-refractivity contribution in [1.82, 2.24) is 10.2 Å². The molecule has 6 nitrogen and oxygen atoms in total.